The lowest BCUT2D eigenvalue weighted by Crippen LogP contribution is -2.04. The van der Waals surface area contributed by atoms with Crippen LogP contribution in [0, 0.1) is 0 Å². The van der Waals surface area contributed by atoms with Crippen molar-refractivity contribution in [2.24, 2.45) is 0 Å². The molecular formula is C32H42O6. The van der Waals surface area contributed by atoms with Crippen LogP contribution in [0.1, 0.15) is 78.1 Å². The Morgan fingerprint density at radius 1 is 0.526 bits per heavy atom. The molecule has 0 radical (unpaired) electrons. The van der Waals surface area contributed by atoms with Crippen LogP contribution in [0.3, 0.4) is 0 Å². The monoisotopic (exact) mass is 522 g/mol. The van der Waals surface area contributed by atoms with Crippen molar-refractivity contribution in [3.63, 3.8) is 0 Å². The summed E-state index contributed by atoms with van der Waals surface area (Å²) in [5, 5.41) is 4.21. The van der Waals surface area contributed by atoms with Gasteiger partial charge in [0.1, 0.15) is 11.5 Å². The van der Waals surface area contributed by atoms with Crippen molar-refractivity contribution in [3.8, 4) is 11.5 Å². The van der Waals surface area contributed by atoms with Crippen molar-refractivity contribution in [1.82, 2.24) is 0 Å². The molecule has 6 nitrogen and oxygen atoms in total. The van der Waals surface area contributed by atoms with Gasteiger partial charge >= 0.3 is 11.9 Å². The molecule has 0 aromatic heterocycles. The molecule has 38 heavy (non-hydrogen) atoms. The van der Waals surface area contributed by atoms with Crippen molar-refractivity contribution < 1.29 is 28.5 Å². The Morgan fingerprint density at radius 3 is 1.21 bits per heavy atom. The first-order chi connectivity index (χ1) is 18.7. The average Bonchev–Trinajstić information content (AvgIpc) is 2.92. The zero-order chi connectivity index (χ0) is 27.0. The van der Waals surface area contributed by atoms with E-state index in [1.165, 1.54) is 0 Å². The van der Waals surface area contributed by atoms with Crippen LogP contribution in [0.15, 0.2) is 48.5 Å². The number of benzene rings is 3. The molecule has 0 bridgehead atoms. The van der Waals surface area contributed by atoms with Gasteiger partial charge in [0, 0.05) is 34.4 Å². The number of unbranched alkanes of at least 4 members (excludes halogenated alkanes) is 6. The minimum atomic E-state index is -0.113. The molecule has 6 heteroatoms. The van der Waals surface area contributed by atoms with Gasteiger partial charge in [-0.15, -0.1) is 0 Å². The van der Waals surface area contributed by atoms with Crippen LogP contribution in [0.4, 0.5) is 0 Å². The first kappa shape index (κ1) is 29.3. The second-order valence-electron chi connectivity index (χ2n) is 9.38. The highest BCUT2D eigenvalue weighted by molar-refractivity contribution is 6.11. The van der Waals surface area contributed by atoms with Gasteiger partial charge in [-0.3, -0.25) is 9.59 Å². The van der Waals surface area contributed by atoms with E-state index < -0.39 is 0 Å². The molecule has 3 aromatic carbocycles. The Hall–Kier alpha value is -3.28. The minimum Gasteiger partial charge on any atom is -0.492 e. The summed E-state index contributed by atoms with van der Waals surface area (Å²) in [4.78, 5) is 23.0. The summed E-state index contributed by atoms with van der Waals surface area (Å²) in [7, 11) is 0. The summed E-state index contributed by atoms with van der Waals surface area (Å²) >= 11 is 0. The number of rotatable bonds is 18. The summed E-state index contributed by atoms with van der Waals surface area (Å²) in [6.07, 6.45) is 8.52. The topological polar surface area (TPSA) is 71.1 Å². The van der Waals surface area contributed by atoms with Crippen molar-refractivity contribution >= 4 is 33.5 Å². The smallest absolute Gasteiger partial charge is 0.305 e. The Balaban J connectivity index is 1.58. The summed E-state index contributed by atoms with van der Waals surface area (Å²) in [6.45, 7) is 5.80. The van der Waals surface area contributed by atoms with E-state index in [9.17, 15) is 9.59 Å². The number of fused-ring (bicyclic) bond motifs is 2. The Kier molecular flexibility index (Phi) is 12.7. The SMILES string of the molecule is CCOC(=O)CCCCCCOc1c2ccccc2c(OCCCCCCC(=O)OCC)c2ccccc12. The van der Waals surface area contributed by atoms with Gasteiger partial charge in [0.2, 0.25) is 0 Å². The molecule has 0 N–H and O–H groups in total. The summed E-state index contributed by atoms with van der Waals surface area (Å²) in [6, 6.07) is 16.5. The lowest BCUT2D eigenvalue weighted by molar-refractivity contribution is -0.144. The molecule has 0 spiro atoms. The highest BCUT2D eigenvalue weighted by Crippen LogP contribution is 2.42. The standard InChI is InChI=1S/C32H42O6/c1-3-35-29(33)21-9-5-7-15-23-37-31-25-17-11-13-19-27(25)32(28-20-14-12-18-26(28)31)38-24-16-8-6-10-22-30(34)36-4-2/h11-14,17-20H,3-10,15-16,21-24H2,1-2H3. The first-order valence-electron chi connectivity index (χ1n) is 14.2. The van der Waals surface area contributed by atoms with E-state index in [0.717, 1.165) is 84.4 Å². The molecule has 0 heterocycles. The van der Waals surface area contributed by atoms with Gasteiger partial charge in [-0.1, -0.05) is 74.2 Å². The number of hydrogen-bond acceptors (Lipinski definition) is 6. The van der Waals surface area contributed by atoms with Gasteiger partial charge in [0.15, 0.2) is 0 Å². The third kappa shape index (κ3) is 8.93. The van der Waals surface area contributed by atoms with Crippen LogP contribution in [-0.4, -0.2) is 38.4 Å². The Bertz CT molecular complexity index is 1010. The first-order valence-corrected chi connectivity index (χ1v) is 14.2. The fraction of sp³-hybridized carbons (Fsp3) is 0.500. The van der Waals surface area contributed by atoms with E-state index in [-0.39, 0.29) is 11.9 Å². The molecule has 0 unspecified atom stereocenters. The van der Waals surface area contributed by atoms with Crippen LogP contribution >= 0.6 is 0 Å². The summed E-state index contributed by atoms with van der Waals surface area (Å²) in [5.74, 6) is 1.57. The fourth-order valence-electron chi connectivity index (χ4n) is 4.62. The van der Waals surface area contributed by atoms with Crippen LogP contribution in [0.5, 0.6) is 11.5 Å². The van der Waals surface area contributed by atoms with E-state index in [2.05, 4.69) is 24.3 Å². The molecule has 0 saturated heterocycles. The van der Waals surface area contributed by atoms with Gasteiger partial charge in [0.25, 0.3) is 0 Å². The van der Waals surface area contributed by atoms with E-state index in [0.29, 0.717) is 39.3 Å². The van der Waals surface area contributed by atoms with Gasteiger partial charge < -0.3 is 18.9 Å². The maximum atomic E-state index is 11.5. The summed E-state index contributed by atoms with van der Waals surface area (Å²) in [5.41, 5.74) is 0. The second kappa shape index (κ2) is 16.5. The molecule has 3 aromatic rings. The lowest BCUT2D eigenvalue weighted by Gasteiger charge is -2.18. The molecule has 0 fully saturated rings. The van der Waals surface area contributed by atoms with E-state index in [1.807, 2.05) is 38.1 Å². The Morgan fingerprint density at radius 2 is 0.868 bits per heavy atom. The van der Waals surface area contributed by atoms with Crippen molar-refractivity contribution in [3.05, 3.63) is 48.5 Å². The van der Waals surface area contributed by atoms with Crippen LogP contribution in [0.2, 0.25) is 0 Å². The number of carbonyl (C=O) groups excluding carboxylic acids is 2. The molecular weight excluding hydrogens is 480 g/mol. The maximum absolute atomic E-state index is 11.5. The number of hydrogen-bond donors (Lipinski definition) is 0. The second-order valence-corrected chi connectivity index (χ2v) is 9.38. The van der Waals surface area contributed by atoms with Crippen molar-refractivity contribution in [2.75, 3.05) is 26.4 Å². The minimum absolute atomic E-state index is 0.113. The van der Waals surface area contributed by atoms with Gasteiger partial charge in [-0.25, -0.2) is 0 Å². The van der Waals surface area contributed by atoms with Crippen molar-refractivity contribution in [1.29, 1.82) is 0 Å². The quantitative estimate of drug-likeness (QED) is 0.0965. The number of ether oxygens (including phenoxy) is 4. The number of carbonyl (C=O) groups is 2. The molecule has 0 aliphatic carbocycles. The van der Waals surface area contributed by atoms with Crippen molar-refractivity contribution in [2.45, 2.75) is 78.1 Å². The van der Waals surface area contributed by atoms with Gasteiger partial charge in [-0.05, 0) is 39.5 Å². The molecule has 3 rings (SSSR count). The van der Waals surface area contributed by atoms with Crippen LogP contribution in [0.25, 0.3) is 21.5 Å². The molecule has 206 valence electrons. The largest absolute Gasteiger partial charge is 0.492 e. The zero-order valence-electron chi connectivity index (χ0n) is 23.0. The molecule has 0 atom stereocenters. The third-order valence-corrected chi connectivity index (χ3v) is 6.49. The van der Waals surface area contributed by atoms with Gasteiger partial charge in [0.05, 0.1) is 26.4 Å². The predicted molar refractivity (Wildman–Crippen MR) is 152 cm³/mol. The molecule has 0 amide bonds. The fourth-order valence-corrected chi connectivity index (χ4v) is 4.62. The highest BCUT2D eigenvalue weighted by Gasteiger charge is 2.16. The van der Waals surface area contributed by atoms with Gasteiger partial charge in [-0.2, -0.15) is 0 Å². The lowest BCUT2D eigenvalue weighted by atomic mass is 10.0. The van der Waals surface area contributed by atoms with E-state index in [1.54, 1.807) is 0 Å². The van der Waals surface area contributed by atoms with E-state index in [4.69, 9.17) is 18.9 Å². The maximum Gasteiger partial charge on any atom is 0.305 e. The number of esters is 2. The molecule has 0 aliphatic rings. The third-order valence-electron chi connectivity index (χ3n) is 6.49. The normalized spacial score (nSPS) is 11.0. The predicted octanol–water partition coefficient (Wildman–Crippen LogP) is 7.78. The average molecular weight is 523 g/mol. The molecule has 0 saturated carbocycles. The zero-order valence-corrected chi connectivity index (χ0v) is 23.0. The van der Waals surface area contributed by atoms with Crippen LogP contribution in [-0.2, 0) is 19.1 Å². The van der Waals surface area contributed by atoms with Crippen LogP contribution < -0.4 is 9.47 Å². The van der Waals surface area contributed by atoms with E-state index >= 15 is 0 Å². The highest BCUT2D eigenvalue weighted by atomic mass is 16.5. The summed E-state index contributed by atoms with van der Waals surface area (Å²) < 4.78 is 22.7. The molecule has 0 aliphatic heterocycles. The Labute approximate surface area is 226 Å².